The number of carbonyl (C=O) groups is 4. The number of unbranched alkanes of at least 4 members (excludes halogenated alkanes) is 2. The maximum absolute atomic E-state index is 14.2. The highest BCUT2D eigenvalue weighted by molar-refractivity contribution is 5.78. The minimum atomic E-state index is -1.50. The number of para-hydroxylation sites is 1. The largest absolute Gasteiger partial charge is 0.462 e. The second-order valence-corrected chi connectivity index (χ2v) is 20.8. The number of cyclic esters (lactones) is 1. The normalized spacial score (nSPS) is 34.9. The summed E-state index contributed by atoms with van der Waals surface area (Å²) >= 11 is 0. The topological polar surface area (TPSA) is 222 Å². The van der Waals surface area contributed by atoms with E-state index in [1.165, 1.54) is 12.7 Å². The van der Waals surface area contributed by atoms with Crippen LogP contribution >= 0.6 is 0 Å². The summed E-state index contributed by atoms with van der Waals surface area (Å²) in [5.41, 5.74) is 0.628. The Kier molecular flexibility index (Phi) is 23.2. The van der Waals surface area contributed by atoms with Gasteiger partial charge in [0.05, 0.1) is 42.4 Å². The third-order valence-electron chi connectivity index (χ3n) is 14.6. The van der Waals surface area contributed by atoms with Gasteiger partial charge in [-0.3, -0.25) is 19.4 Å². The van der Waals surface area contributed by atoms with Crippen LogP contribution in [0.15, 0.2) is 36.5 Å². The predicted octanol–water partition coefficient (Wildman–Crippen LogP) is 5.31. The number of hydrogen-bond donors (Lipinski definition) is 3. The lowest BCUT2D eigenvalue weighted by molar-refractivity contribution is -0.344. The van der Waals surface area contributed by atoms with E-state index in [9.17, 15) is 34.5 Å². The molecule has 3 aliphatic rings. The molecule has 406 valence electrons. The number of aldehydes is 1. The Balaban J connectivity index is 1.38. The van der Waals surface area contributed by atoms with Crippen molar-refractivity contribution < 1.29 is 72.4 Å². The number of nitrogens with zero attached hydrogens (tertiary/aromatic N) is 3. The molecule has 18 nitrogen and oxygen atoms in total. The van der Waals surface area contributed by atoms with Crippen LogP contribution in [0, 0.1) is 11.8 Å². The summed E-state index contributed by atoms with van der Waals surface area (Å²) in [4.78, 5) is 60.6. The van der Waals surface area contributed by atoms with Crippen molar-refractivity contribution >= 4 is 35.1 Å². The number of likely N-dealkylation sites (N-methyl/N-ethyl adjacent to an activating group) is 2. The molecular formula is C54H85N3O15. The maximum atomic E-state index is 14.2. The fourth-order valence-corrected chi connectivity index (χ4v) is 10.6. The molecule has 18 heteroatoms. The monoisotopic (exact) mass is 1020 g/mol. The van der Waals surface area contributed by atoms with E-state index < -0.39 is 109 Å². The number of methoxy groups -OCH3 is 1. The Bertz CT molecular complexity index is 2010. The first-order chi connectivity index (χ1) is 34.3. The Labute approximate surface area is 426 Å². The van der Waals surface area contributed by atoms with Gasteiger partial charge in [-0.15, -0.1) is 0 Å². The molecule has 5 unspecified atom stereocenters. The molecule has 2 aromatic rings. The van der Waals surface area contributed by atoms with E-state index in [0.717, 1.165) is 42.9 Å². The van der Waals surface area contributed by atoms with Crippen molar-refractivity contribution in [1.82, 2.24) is 14.8 Å². The summed E-state index contributed by atoms with van der Waals surface area (Å²) in [6.45, 7) is 11.2. The van der Waals surface area contributed by atoms with Crippen LogP contribution in [0.25, 0.3) is 10.9 Å². The predicted molar refractivity (Wildman–Crippen MR) is 267 cm³/mol. The Morgan fingerprint density at radius 2 is 1.69 bits per heavy atom. The minimum Gasteiger partial charge on any atom is -0.462 e. The molecule has 3 saturated heterocycles. The molecule has 16 atom stereocenters. The molecule has 3 aliphatic heterocycles. The van der Waals surface area contributed by atoms with Crippen LogP contribution in [-0.2, 0) is 63.5 Å². The van der Waals surface area contributed by atoms with Crippen LogP contribution in [0.4, 0.5) is 0 Å². The first kappa shape index (κ1) is 59.2. The summed E-state index contributed by atoms with van der Waals surface area (Å²) < 4.78 is 50.0. The molecule has 1 aromatic heterocycles. The number of pyridine rings is 1. The van der Waals surface area contributed by atoms with Crippen LogP contribution < -0.4 is 0 Å². The minimum absolute atomic E-state index is 0.00274. The molecule has 0 aliphatic carbocycles. The number of aliphatic hydroxyl groups is 3. The van der Waals surface area contributed by atoms with Crippen molar-refractivity contribution in [2.45, 2.75) is 210 Å². The zero-order valence-corrected chi connectivity index (χ0v) is 44.4. The SMILES string of the molecule is CCC(=O)O[C@@H]1CC(=O)O[C@@H](CCCCCc2cnc3ccccc3c2)CCCN(C)C[C@H](O)[C@H](C)C[C@H](CC=O)[C@H](O[C@@H]2OC(C)[C@@H](O[C@H]3CC(C)(O)[C@@H](OC(=O)CC)C(C)O3)C(N(C)C)C2O)[C@H]1OC. The average molecular weight is 1020 g/mol. The highest BCUT2D eigenvalue weighted by Crippen LogP contribution is 2.38. The molecular weight excluding hydrogens is 931 g/mol. The summed E-state index contributed by atoms with van der Waals surface area (Å²) in [6, 6.07) is 9.43. The van der Waals surface area contributed by atoms with Gasteiger partial charge in [0, 0.05) is 50.9 Å². The third kappa shape index (κ3) is 16.7. The van der Waals surface area contributed by atoms with Crippen molar-refractivity contribution in [3.8, 4) is 0 Å². The maximum Gasteiger partial charge on any atom is 0.309 e. The van der Waals surface area contributed by atoms with E-state index in [2.05, 4.69) is 22.0 Å². The standard InChI is InChI=1S/C54H85N3O15/c1-11-43(60)69-42-29-45(62)68-39(21-15-13-14-19-36-28-37-20-16-17-23-40(37)55-31-36)22-18-25-57(9)32-41(59)33(3)27-38(24-26-58)50(51(42)65-10)72-53-48(63)47(56(7)8)49(34(4)67-53)71-46-30-54(6,64)52(35(5)66-46)70-44(61)12-2/h16-17,20,23,26,28,31,33-35,38-39,41-42,46-53,59,63-64H,11-15,18-19,21-22,24-25,27,29-30,32H2,1-10H3/t33-,34?,35?,38+,39+,41+,42-,46+,47?,48?,49-,50+,51+,52+,53+,54?/m1/s1. The number of aliphatic hydroxyl groups excluding tert-OH is 2. The molecule has 5 rings (SSSR count). The van der Waals surface area contributed by atoms with Gasteiger partial charge in [-0.05, 0) is 123 Å². The van der Waals surface area contributed by atoms with Crippen molar-refractivity contribution in [2.75, 3.05) is 41.3 Å². The number of β-amino-alcohol motifs (C(OH)–C–C–N with tert-alkyl or cyclic N) is 1. The molecule has 4 heterocycles. The summed E-state index contributed by atoms with van der Waals surface area (Å²) in [7, 11) is 6.88. The molecule has 0 saturated carbocycles. The summed E-state index contributed by atoms with van der Waals surface area (Å²) in [5, 5.41) is 36.5. The zero-order valence-electron chi connectivity index (χ0n) is 44.4. The van der Waals surface area contributed by atoms with Crippen LogP contribution in [-0.4, -0.2) is 181 Å². The van der Waals surface area contributed by atoms with Gasteiger partial charge >= 0.3 is 17.9 Å². The zero-order chi connectivity index (χ0) is 52.7. The van der Waals surface area contributed by atoms with E-state index in [-0.39, 0.29) is 44.4 Å². The molecule has 72 heavy (non-hydrogen) atoms. The van der Waals surface area contributed by atoms with Crippen LogP contribution in [0.1, 0.15) is 124 Å². The number of esters is 3. The van der Waals surface area contributed by atoms with Gasteiger partial charge in [0.1, 0.15) is 42.4 Å². The third-order valence-corrected chi connectivity index (χ3v) is 14.6. The van der Waals surface area contributed by atoms with Gasteiger partial charge in [0.15, 0.2) is 18.7 Å². The van der Waals surface area contributed by atoms with Gasteiger partial charge in [0.25, 0.3) is 0 Å². The van der Waals surface area contributed by atoms with Crippen LogP contribution in [0.2, 0.25) is 0 Å². The van der Waals surface area contributed by atoms with E-state index in [4.69, 9.17) is 37.9 Å². The van der Waals surface area contributed by atoms with Crippen molar-refractivity contribution in [3.05, 3.63) is 42.1 Å². The lowest BCUT2D eigenvalue weighted by Gasteiger charge is -2.50. The number of hydrogen-bond acceptors (Lipinski definition) is 18. The molecule has 3 fully saturated rings. The molecule has 3 N–H and O–H groups in total. The number of aryl methyl sites for hydroxylation is 1. The smallest absolute Gasteiger partial charge is 0.309 e. The number of ether oxygens (including phenoxy) is 8. The molecule has 1 aromatic carbocycles. The number of carbonyl (C=O) groups excluding carboxylic acids is 4. The van der Waals surface area contributed by atoms with Crippen molar-refractivity contribution in [2.24, 2.45) is 11.8 Å². The summed E-state index contributed by atoms with van der Waals surface area (Å²) in [5.74, 6) is -2.71. The van der Waals surface area contributed by atoms with Crippen LogP contribution in [0.5, 0.6) is 0 Å². The summed E-state index contributed by atoms with van der Waals surface area (Å²) in [6.07, 6.45) is -3.82. The van der Waals surface area contributed by atoms with Gasteiger partial charge in [-0.25, -0.2) is 0 Å². The van der Waals surface area contributed by atoms with Gasteiger partial charge in [-0.1, -0.05) is 45.4 Å². The van der Waals surface area contributed by atoms with Crippen molar-refractivity contribution in [1.29, 1.82) is 0 Å². The number of aromatic nitrogens is 1. The quantitative estimate of drug-likeness (QED) is 0.0745. The first-order valence-electron chi connectivity index (χ1n) is 26.2. The molecule has 0 bridgehead atoms. The van der Waals surface area contributed by atoms with E-state index >= 15 is 0 Å². The molecule has 0 spiro atoms. The lowest BCUT2D eigenvalue weighted by atomic mass is 9.82. The highest BCUT2D eigenvalue weighted by atomic mass is 16.7. The molecule has 0 radical (unpaired) electrons. The Hall–Kier alpha value is -3.69. The average Bonchev–Trinajstić information content (AvgIpc) is 3.32. The number of rotatable bonds is 18. The second kappa shape index (κ2) is 28.3. The fraction of sp³-hybridized carbons (Fsp3) is 0.759. The van der Waals surface area contributed by atoms with Gasteiger partial charge in [0.2, 0.25) is 0 Å². The Morgan fingerprint density at radius 1 is 0.972 bits per heavy atom. The fourth-order valence-electron chi connectivity index (χ4n) is 10.6. The van der Waals surface area contributed by atoms with Gasteiger partial charge < -0.3 is 67.8 Å². The Morgan fingerprint density at radius 3 is 2.38 bits per heavy atom. The van der Waals surface area contributed by atoms with Crippen molar-refractivity contribution in [3.63, 3.8) is 0 Å². The van der Waals surface area contributed by atoms with E-state index in [0.29, 0.717) is 32.4 Å². The first-order valence-corrected chi connectivity index (χ1v) is 26.2. The lowest BCUT2D eigenvalue weighted by Crippen LogP contribution is -2.66. The van der Waals surface area contributed by atoms with E-state index in [1.54, 1.807) is 53.6 Å². The highest BCUT2D eigenvalue weighted by Gasteiger charge is 2.53. The number of benzene rings is 1. The number of fused-ring (bicyclic) bond motifs is 1. The van der Waals surface area contributed by atoms with Gasteiger partial charge in [-0.2, -0.15) is 0 Å². The second-order valence-electron chi connectivity index (χ2n) is 20.8. The van der Waals surface area contributed by atoms with E-state index in [1.807, 2.05) is 38.4 Å². The van der Waals surface area contributed by atoms with Crippen LogP contribution in [0.3, 0.4) is 0 Å². The molecule has 0 amide bonds.